The largest absolute Gasteiger partial charge is 0.492 e. The number of ketones is 1. The molecule has 1 N–H and O–H groups in total. The van der Waals surface area contributed by atoms with E-state index in [2.05, 4.69) is 27.7 Å². The SMILES string of the molecule is CCC[C@H]1C[C@@H](C(C)=O)[C@@H](c2cc(OO)c(OC)c(OC)c2Br)O1. The van der Waals surface area contributed by atoms with Gasteiger partial charge in [0.2, 0.25) is 11.5 Å². The number of rotatable bonds is 7. The van der Waals surface area contributed by atoms with Gasteiger partial charge in [-0.15, -0.1) is 0 Å². The standard InChI is InChI=1S/C17H23BrO6/c1-5-6-10-7-11(9(2)19)15(23-10)12-8-13(24-20)16(21-3)17(22-4)14(12)18/h8,10-11,15,20H,5-7H2,1-4H3/t10-,11-,15-/m0/s1. The van der Waals surface area contributed by atoms with Crippen LogP contribution in [-0.4, -0.2) is 31.4 Å². The van der Waals surface area contributed by atoms with E-state index in [0.29, 0.717) is 22.2 Å². The highest BCUT2D eigenvalue weighted by Gasteiger charge is 2.40. The highest BCUT2D eigenvalue weighted by Crippen LogP contribution is 2.50. The van der Waals surface area contributed by atoms with E-state index in [1.165, 1.54) is 14.2 Å². The molecular weight excluding hydrogens is 380 g/mol. The van der Waals surface area contributed by atoms with Crippen LogP contribution in [0.4, 0.5) is 0 Å². The second-order valence-electron chi connectivity index (χ2n) is 5.86. The first kappa shape index (κ1) is 19.0. The highest BCUT2D eigenvalue weighted by atomic mass is 79.9. The summed E-state index contributed by atoms with van der Waals surface area (Å²) in [6.45, 7) is 3.66. The smallest absolute Gasteiger partial charge is 0.211 e. The number of halogens is 1. The van der Waals surface area contributed by atoms with Crippen molar-refractivity contribution >= 4 is 21.7 Å². The van der Waals surface area contributed by atoms with Crippen molar-refractivity contribution in [3.63, 3.8) is 0 Å². The van der Waals surface area contributed by atoms with Gasteiger partial charge >= 0.3 is 0 Å². The average molecular weight is 403 g/mol. The van der Waals surface area contributed by atoms with E-state index < -0.39 is 6.10 Å². The molecule has 3 atom stereocenters. The number of carbonyl (C=O) groups is 1. The lowest BCUT2D eigenvalue weighted by atomic mass is 9.90. The number of ether oxygens (including phenoxy) is 3. The number of hydrogen-bond donors (Lipinski definition) is 1. The molecule has 0 amide bonds. The average Bonchev–Trinajstić information content (AvgIpc) is 2.98. The van der Waals surface area contributed by atoms with Crippen molar-refractivity contribution in [2.24, 2.45) is 5.92 Å². The van der Waals surface area contributed by atoms with Gasteiger partial charge in [0.25, 0.3) is 0 Å². The van der Waals surface area contributed by atoms with Gasteiger partial charge in [0, 0.05) is 5.56 Å². The molecule has 6 nitrogen and oxygen atoms in total. The lowest BCUT2D eigenvalue weighted by molar-refractivity contribution is -0.139. The van der Waals surface area contributed by atoms with E-state index in [0.717, 1.165) is 12.8 Å². The van der Waals surface area contributed by atoms with E-state index in [1.807, 2.05) is 0 Å². The van der Waals surface area contributed by atoms with Crippen LogP contribution in [0.15, 0.2) is 10.5 Å². The molecule has 24 heavy (non-hydrogen) atoms. The summed E-state index contributed by atoms with van der Waals surface area (Å²) >= 11 is 3.51. The van der Waals surface area contributed by atoms with Gasteiger partial charge in [-0.2, -0.15) is 0 Å². The van der Waals surface area contributed by atoms with E-state index in [4.69, 9.17) is 14.2 Å². The molecule has 0 unspecified atom stereocenters. The molecular formula is C17H23BrO6. The molecule has 1 fully saturated rings. The number of methoxy groups -OCH3 is 2. The maximum atomic E-state index is 12.1. The fourth-order valence-corrected chi connectivity index (χ4v) is 3.89. The van der Waals surface area contributed by atoms with Gasteiger partial charge in [0.05, 0.1) is 36.8 Å². The Morgan fingerprint density at radius 1 is 1.38 bits per heavy atom. The minimum absolute atomic E-state index is 0.0346. The molecule has 0 aliphatic carbocycles. The van der Waals surface area contributed by atoms with Crippen LogP contribution in [0.5, 0.6) is 17.2 Å². The monoisotopic (exact) mass is 402 g/mol. The first-order valence-electron chi connectivity index (χ1n) is 7.90. The zero-order chi connectivity index (χ0) is 17.9. The van der Waals surface area contributed by atoms with Crippen LogP contribution in [0, 0.1) is 5.92 Å². The molecule has 1 aromatic carbocycles. The minimum atomic E-state index is -0.429. The topological polar surface area (TPSA) is 74.2 Å². The Morgan fingerprint density at radius 3 is 2.54 bits per heavy atom. The van der Waals surface area contributed by atoms with Crippen molar-refractivity contribution < 1.29 is 29.1 Å². The number of Topliss-reactive ketones (excluding diaryl/α,β-unsaturated/α-hetero) is 1. The maximum Gasteiger partial charge on any atom is 0.211 e. The minimum Gasteiger partial charge on any atom is -0.492 e. The molecule has 0 radical (unpaired) electrons. The third-order valence-electron chi connectivity index (χ3n) is 4.34. The molecule has 0 bridgehead atoms. The molecule has 2 rings (SSSR count). The lowest BCUT2D eigenvalue weighted by Crippen LogP contribution is -2.16. The molecule has 134 valence electrons. The fraction of sp³-hybridized carbons (Fsp3) is 0.588. The predicted molar refractivity (Wildman–Crippen MR) is 91.8 cm³/mol. The van der Waals surface area contributed by atoms with Crippen molar-refractivity contribution in [2.75, 3.05) is 14.2 Å². The third kappa shape index (κ3) is 3.53. The molecule has 1 aliphatic rings. The molecule has 1 heterocycles. The van der Waals surface area contributed by atoms with Gasteiger partial charge in [-0.3, -0.25) is 4.79 Å². The van der Waals surface area contributed by atoms with Crippen molar-refractivity contribution in [3.8, 4) is 17.2 Å². The Bertz CT molecular complexity index is 603. The second kappa shape index (κ2) is 8.18. The van der Waals surface area contributed by atoms with Crippen LogP contribution >= 0.6 is 15.9 Å². The van der Waals surface area contributed by atoms with Crippen LogP contribution in [0.1, 0.15) is 44.8 Å². The Labute approximate surface area is 150 Å². The van der Waals surface area contributed by atoms with Gasteiger partial charge in [-0.05, 0) is 41.8 Å². The Hall–Kier alpha value is -1.31. The summed E-state index contributed by atoms with van der Waals surface area (Å²) in [4.78, 5) is 16.5. The molecule has 0 aromatic heterocycles. The lowest BCUT2D eigenvalue weighted by Gasteiger charge is -2.22. The third-order valence-corrected chi connectivity index (χ3v) is 5.15. The van der Waals surface area contributed by atoms with Crippen LogP contribution < -0.4 is 14.4 Å². The normalized spacial score (nSPS) is 23.2. The number of benzene rings is 1. The van der Waals surface area contributed by atoms with Crippen LogP contribution in [0.2, 0.25) is 0 Å². The van der Waals surface area contributed by atoms with Crippen LogP contribution in [0.25, 0.3) is 0 Å². The Balaban J connectivity index is 2.51. The van der Waals surface area contributed by atoms with Gasteiger partial charge in [-0.1, -0.05) is 13.3 Å². The van der Waals surface area contributed by atoms with Gasteiger partial charge in [0.1, 0.15) is 5.78 Å². The van der Waals surface area contributed by atoms with Gasteiger partial charge < -0.3 is 19.1 Å². The molecule has 1 saturated heterocycles. The van der Waals surface area contributed by atoms with Crippen LogP contribution in [0.3, 0.4) is 0 Å². The summed E-state index contributed by atoms with van der Waals surface area (Å²) in [5, 5.41) is 9.18. The number of hydrogen-bond acceptors (Lipinski definition) is 6. The van der Waals surface area contributed by atoms with E-state index >= 15 is 0 Å². The first-order chi connectivity index (χ1) is 11.5. The fourth-order valence-electron chi connectivity index (χ4n) is 3.20. The van der Waals surface area contributed by atoms with Crippen molar-refractivity contribution in [2.45, 2.75) is 45.3 Å². The summed E-state index contributed by atoms with van der Waals surface area (Å²) < 4.78 is 17.4. The van der Waals surface area contributed by atoms with Crippen molar-refractivity contribution in [1.29, 1.82) is 0 Å². The molecule has 0 spiro atoms. The summed E-state index contributed by atoms with van der Waals surface area (Å²) in [5.74, 6) is 0.577. The maximum absolute atomic E-state index is 12.1. The number of carbonyl (C=O) groups excluding carboxylic acids is 1. The van der Waals surface area contributed by atoms with E-state index in [-0.39, 0.29) is 29.3 Å². The summed E-state index contributed by atoms with van der Waals surface area (Å²) in [7, 11) is 2.94. The zero-order valence-corrected chi connectivity index (χ0v) is 15.9. The van der Waals surface area contributed by atoms with E-state index in [1.54, 1.807) is 13.0 Å². The summed E-state index contributed by atoms with van der Waals surface area (Å²) in [6, 6.07) is 1.61. The quantitative estimate of drug-likeness (QED) is 0.545. The second-order valence-corrected chi connectivity index (χ2v) is 6.65. The van der Waals surface area contributed by atoms with E-state index in [9.17, 15) is 10.1 Å². The van der Waals surface area contributed by atoms with Crippen LogP contribution in [-0.2, 0) is 9.53 Å². The van der Waals surface area contributed by atoms with Gasteiger partial charge in [-0.25, -0.2) is 5.26 Å². The molecule has 7 heteroatoms. The Kier molecular flexibility index (Phi) is 6.48. The molecule has 1 aliphatic heterocycles. The summed E-state index contributed by atoms with van der Waals surface area (Å²) in [5.41, 5.74) is 0.690. The van der Waals surface area contributed by atoms with Gasteiger partial charge in [0.15, 0.2) is 5.75 Å². The molecule has 0 saturated carbocycles. The predicted octanol–water partition coefficient (Wildman–Crippen LogP) is 4.15. The van der Waals surface area contributed by atoms with Crippen molar-refractivity contribution in [1.82, 2.24) is 0 Å². The highest BCUT2D eigenvalue weighted by molar-refractivity contribution is 9.10. The van der Waals surface area contributed by atoms with Crippen molar-refractivity contribution in [3.05, 3.63) is 16.1 Å². The zero-order valence-electron chi connectivity index (χ0n) is 14.3. The summed E-state index contributed by atoms with van der Waals surface area (Å²) in [6.07, 6.45) is 2.17. The first-order valence-corrected chi connectivity index (χ1v) is 8.69. The molecule has 1 aromatic rings. The Morgan fingerprint density at radius 2 is 2.04 bits per heavy atom.